The molecule has 0 unspecified atom stereocenters. The topological polar surface area (TPSA) is 0 Å². The minimum absolute atomic E-state index is 0.0200. The molecule has 2 aliphatic rings. The van der Waals surface area contributed by atoms with Gasteiger partial charge in [-0.2, -0.15) is 0 Å². The Labute approximate surface area is 325 Å². The van der Waals surface area contributed by atoms with Crippen LogP contribution in [0.1, 0.15) is 49.9 Å². The van der Waals surface area contributed by atoms with Gasteiger partial charge >= 0.3 is 0 Å². The van der Waals surface area contributed by atoms with Gasteiger partial charge in [0.25, 0.3) is 0 Å². The van der Waals surface area contributed by atoms with Crippen LogP contribution in [-0.4, -0.2) is 0 Å². The quantitative estimate of drug-likeness (QED) is 0.156. The molecule has 0 atom stereocenters. The third-order valence-electron chi connectivity index (χ3n) is 13.3. The molecule has 0 aliphatic heterocycles. The zero-order chi connectivity index (χ0) is 36.8. The van der Waals surface area contributed by atoms with E-state index in [1.807, 2.05) is 11.3 Å². The maximum Gasteiger partial charge on any atom is 0.0434 e. The molecule has 0 bridgehead atoms. The van der Waals surface area contributed by atoms with Gasteiger partial charge in [0.2, 0.25) is 0 Å². The molecule has 1 aromatic heterocycles. The summed E-state index contributed by atoms with van der Waals surface area (Å²) in [6.07, 6.45) is 0. The largest absolute Gasteiger partial charge is 0.135 e. The van der Waals surface area contributed by atoms with Crippen LogP contribution in [-0.2, 0) is 10.8 Å². The van der Waals surface area contributed by atoms with Crippen LogP contribution in [0, 0.1) is 0 Å². The average molecular weight is 719 g/mol. The molecule has 2 aliphatic carbocycles. The summed E-state index contributed by atoms with van der Waals surface area (Å²) in [6, 6.07) is 60.0. The van der Waals surface area contributed by atoms with Gasteiger partial charge in [-0.25, -0.2) is 0 Å². The first-order valence-corrected chi connectivity index (χ1v) is 20.3. The van der Waals surface area contributed by atoms with Gasteiger partial charge in [0.05, 0.1) is 0 Å². The number of rotatable bonds is 2. The van der Waals surface area contributed by atoms with Gasteiger partial charge in [-0.1, -0.05) is 167 Å². The molecule has 0 N–H and O–H groups in total. The molecule has 10 aromatic rings. The van der Waals surface area contributed by atoms with E-state index in [1.165, 1.54) is 119 Å². The summed E-state index contributed by atoms with van der Waals surface area (Å²) in [6.45, 7) is 9.54. The summed E-state index contributed by atoms with van der Waals surface area (Å²) in [7, 11) is 0. The van der Waals surface area contributed by atoms with Crippen molar-refractivity contribution in [3.8, 4) is 44.5 Å². The molecule has 9 aromatic carbocycles. The molecule has 55 heavy (non-hydrogen) atoms. The first-order valence-electron chi connectivity index (χ1n) is 19.5. The van der Waals surface area contributed by atoms with E-state index < -0.39 is 0 Å². The molecule has 0 amide bonds. The Kier molecular flexibility index (Phi) is 6.16. The lowest BCUT2D eigenvalue weighted by molar-refractivity contribution is 0.660. The minimum atomic E-state index is -0.1000. The lowest BCUT2D eigenvalue weighted by Gasteiger charge is -2.22. The Morgan fingerprint density at radius 3 is 1.55 bits per heavy atom. The van der Waals surface area contributed by atoms with E-state index >= 15 is 0 Å². The van der Waals surface area contributed by atoms with Crippen molar-refractivity contribution in [1.82, 2.24) is 0 Å². The fraction of sp³-hybridized carbons (Fsp3) is 0.111. The van der Waals surface area contributed by atoms with E-state index in [9.17, 15) is 0 Å². The highest BCUT2D eigenvalue weighted by molar-refractivity contribution is 7.26. The fourth-order valence-corrected chi connectivity index (χ4v) is 11.9. The average Bonchev–Trinajstić information content (AvgIpc) is 3.79. The molecule has 0 saturated heterocycles. The van der Waals surface area contributed by atoms with Crippen molar-refractivity contribution in [2.24, 2.45) is 0 Å². The third-order valence-corrected chi connectivity index (χ3v) is 14.5. The van der Waals surface area contributed by atoms with Gasteiger partial charge in [0.1, 0.15) is 0 Å². The normalized spacial score (nSPS) is 14.8. The summed E-state index contributed by atoms with van der Waals surface area (Å²) < 4.78 is 2.75. The summed E-state index contributed by atoms with van der Waals surface area (Å²) >= 11 is 1.94. The molecule has 260 valence electrons. The van der Waals surface area contributed by atoms with Crippen LogP contribution >= 0.6 is 11.3 Å². The maximum absolute atomic E-state index is 2.52. The van der Waals surface area contributed by atoms with Gasteiger partial charge in [0.15, 0.2) is 0 Å². The monoisotopic (exact) mass is 718 g/mol. The fourth-order valence-electron chi connectivity index (χ4n) is 10.6. The maximum atomic E-state index is 2.52. The standard InChI is InChI=1S/C54H38S/c1-53(2)43-20-12-11-15-35(43)41-29-32(22-25-44(41)53)48-36-16-7-9-18-38(36)49(39-19-10-8-17-37(39)48)33-23-26-45-42(30-33)50-46(54(45,3)4)27-28-47-51(50)40-24-21-31-13-5-6-14-34(31)52(40)55-47/h5-30H,1-4H3. The van der Waals surface area contributed by atoms with Crippen LogP contribution < -0.4 is 0 Å². The number of benzene rings is 9. The van der Waals surface area contributed by atoms with Crippen molar-refractivity contribution in [3.63, 3.8) is 0 Å². The number of thiophene rings is 1. The zero-order valence-electron chi connectivity index (χ0n) is 31.4. The SMILES string of the molecule is CC1(C)c2ccccc2-c2cc(-c3c4ccccc4c(-c4ccc5c(c4)-c4c(ccc6sc7c8ccccc8ccc7c46)C5(C)C)c4ccccc34)ccc21. The summed E-state index contributed by atoms with van der Waals surface area (Å²) in [5.41, 5.74) is 16.2. The Hall–Kier alpha value is -6.02. The van der Waals surface area contributed by atoms with Gasteiger partial charge < -0.3 is 0 Å². The Morgan fingerprint density at radius 2 is 0.873 bits per heavy atom. The van der Waals surface area contributed by atoms with E-state index in [2.05, 4.69) is 185 Å². The van der Waals surface area contributed by atoms with E-state index in [0.717, 1.165) is 0 Å². The molecule has 1 heteroatoms. The van der Waals surface area contributed by atoms with E-state index in [-0.39, 0.29) is 10.8 Å². The first-order chi connectivity index (χ1) is 26.8. The second kappa shape index (κ2) is 10.8. The lowest BCUT2D eigenvalue weighted by Crippen LogP contribution is -2.14. The smallest absolute Gasteiger partial charge is 0.0434 e. The molecular weight excluding hydrogens is 681 g/mol. The number of fused-ring (bicyclic) bond motifs is 14. The van der Waals surface area contributed by atoms with Crippen LogP contribution in [0.5, 0.6) is 0 Å². The van der Waals surface area contributed by atoms with Gasteiger partial charge in [-0.3, -0.25) is 0 Å². The van der Waals surface area contributed by atoms with Crippen LogP contribution in [0.3, 0.4) is 0 Å². The molecule has 12 rings (SSSR count). The molecule has 1 heterocycles. The number of hydrogen-bond donors (Lipinski definition) is 0. The van der Waals surface area contributed by atoms with Gasteiger partial charge in [-0.05, 0) is 117 Å². The summed E-state index contributed by atoms with van der Waals surface area (Å²) in [4.78, 5) is 0. The summed E-state index contributed by atoms with van der Waals surface area (Å²) in [5, 5.41) is 10.6. The van der Waals surface area contributed by atoms with Gasteiger partial charge in [0, 0.05) is 31.0 Å². The van der Waals surface area contributed by atoms with E-state index in [4.69, 9.17) is 0 Å². The molecule has 0 radical (unpaired) electrons. The molecule has 0 nitrogen and oxygen atoms in total. The van der Waals surface area contributed by atoms with Crippen molar-refractivity contribution in [1.29, 1.82) is 0 Å². The number of hydrogen-bond acceptors (Lipinski definition) is 1. The first kappa shape index (κ1) is 31.3. The van der Waals surface area contributed by atoms with E-state index in [1.54, 1.807) is 0 Å². The predicted octanol–water partition coefficient (Wildman–Crippen LogP) is 15.5. The molecule has 0 saturated carbocycles. The van der Waals surface area contributed by atoms with Crippen LogP contribution in [0.15, 0.2) is 158 Å². The Bertz CT molecular complexity index is 3260. The molecule has 0 fully saturated rings. The highest BCUT2D eigenvalue weighted by Crippen LogP contribution is 2.56. The zero-order valence-corrected chi connectivity index (χ0v) is 32.2. The Balaban J connectivity index is 1.12. The predicted molar refractivity (Wildman–Crippen MR) is 238 cm³/mol. The highest BCUT2D eigenvalue weighted by atomic mass is 32.1. The second-order valence-corrected chi connectivity index (χ2v) is 17.8. The van der Waals surface area contributed by atoms with Crippen molar-refractivity contribution in [2.45, 2.75) is 38.5 Å². The van der Waals surface area contributed by atoms with Crippen LogP contribution in [0.25, 0.3) is 97.0 Å². The second-order valence-electron chi connectivity index (χ2n) is 16.8. The van der Waals surface area contributed by atoms with Crippen molar-refractivity contribution < 1.29 is 0 Å². The van der Waals surface area contributed by atoms with Crippen molar-refractivity contribution >= 4 is 63.8 Å². The lowest BCUT2D eigenvalue weighted by atomic mass is 9.81. The molecule has 0 spiro atoms. The van der Waals surface area contributed by atoms with Crippen LogP contribution in [0.2, 0.25) is 0 Å². The van der Waals surface area contributed by atoms with Crippen molar-refractivity contribution in [2.75, 3.05) is 0 Å². The summed E-state index contributed by atoms with van der Waals surface area (Å²) in [5.74, 6) is 0. The molecular formula is C54H38S. The minimum Gasteiger partial charge on any atom is -0.135 e. The highest BCUT2D eigenvalue weighted by Gasteiger charge is 2.38. The Morgan fingerprint density at radius 1 is 0.364 bits per heavy atom. The van der Waals surface area contributed by atoms with Crippen LogP contribution in [0.4, 0.5) is 0 Å². The van der Waals surface area contributed by atoms with E-state index in [0.29, 0.717) is 0 Å². The van der Waals surface area contributed by atoms with Gasteiger partial charge in [-0.15, -0.1) is 11.3 Å². The van der Waals surface area contributed by atoms with Crippen molar-refractivity contribution in [3.05, 3.63) is 180 Å². The third kappa shape index (κ3) is 4.06.